The third kappa shape index (κ3) is 6.83. The van der Waals surface area contributed by atoms with E-state index >= 15 is 0 Å². The summed E-state index contributed by atoms with van der Waals surface area (Å²) in [5.74, 6) is 2.24. The van der Waals surface area contributed by atoms with Gasteiger partial charge < -0.3 is 9.47 Å². The number of benzene rings is 2. The van der Waals surface area contributed by atoms with Crippen molar-refractivity contribution in [3.63, 3.8) is 0 Å². The van der Waals surface area contributed by atoms with Crippen molar-refractivity contribution >= 4 is 23.9 Å². The summed E-state index contributed by atoms with van der Waals surface area (Å²) in [4.78, 5) is 11.9. The Balaban J connectivity index is 1.81. The second kappa shape index (κ2) is 11.1. The van der Waals surface area contributed by atoms with Crippen molar-refractivity contribution in [3.05, 3.63) is 71.8 Å². The van der Waals surface area contributed by atoms with Gasteiger partial charge in [0.05, 0.1) is 19.1 Å². The zero-order valence-corrected chi connectivity index (χ0v) is 16.4. The molecule has 0 aliphatic heterocycles. The number of hydrazone groups is 1. The highest BCUT2D eigenvalue weighted by Crippen LogP contribution is 2.27. The molecule has 5 nitrogen and oxygen atoms in total. The van der Waals surface area contributed by atoms with Crippen LogP contribution in [0.2, 0.25) is 0 Å². The largest absolute Gasteiger partial charge is 0.493 e. The number of carbonyl (C=O) groups excluding carboxylic acids is 1. The fraction of sp³-hybridized carbons (Fsp3) is 0.238. The van der Waals surface area contributed by atoms with Gasteiger partial charge in [0.25, 0.3) is 0 Å². The first-order valence-electron chi connectivity index (χ1n) is 8.50. The van der Waals surface area contributed by atoms with Gasteiger partial charge in [0, 0.05) is 5.75 Å². The van der Waals surface area contributed by atoms with Crippen LogP contribution in [0.5, 0.6) is 11.5 Å². The van der Waals surface area contributed by atoms with Gasteiger partial charge in [0.15, 0.2) is 11.5 Å². The van der Waals surface area contributed by atoms with Gasteiger partial charge >= 0.3 is 0 Å². The molecule has 2 rings (SSSR count). The van der Waals surface area contributed by atoms with Gasteiger partial charge in [0.2, 0.25) is 5.91 Å². The lowest BCUT2D eigenvalue weighted by atomic mass is 10.1. The monoisotopic (exact) mass is 384 g/mol. The fourth-order valence-electron chi connectivity index (χ4n) is 2.27. The van der Waals surface area contributed by atoms with E-state index in [4.69, 9.17) is 9.47 Å². The van der Waals surface area contributed by atoms with Gasteiger partial charge in [-0.15, -0.1) is 11.8 Å². The Labute approximate surface area is 164 Å². The number of ether oxygens (including phenoxy) is 2. The molecule has 0 spiro atoms. The average molecular weight is 385 g/mol. The van der Waals surface area contributed by atoms with Crippen molar-refractivity contribution in [2.24, 2.45) is 5.10 Å². The predicted octanol–water partition coefficient (Wildman–Crippen LogP) is 3.95. The standard InChI is InChI=1S/C21H24N2O3S/c1-4-11-26-19-10-9-17(12-20(19)25-3)13-22-23-21(24)15-27-14-18-8-6-5-7-16(18)2/h4-10,12-13H,1,11,14-15H2,2-3H3,(H,23,24)/b22-13-. The number of nitrogens with one attached hydrogen (secondary N) is 1. The molecule has 0 radical (unpaired) electrons. The molecular formula is C21H24N2O3S. The zero-order chi connectivity index (χ0) is 19.5. The number of amides is 1. The normalized spacial score (nSPS) is 10.6. The summed E-state index contributed by atoms with van der Waals surface area (Å²) in [5, 5.41) is 4.00. The Morgan fingerprint density at radius 3 is 2.81 bits per heavy atom. The molecule has 0 unspecified atom stereocenters. The molecule has 0 aromatic heterocycles. The molecule has 0 atom stereocenters. The summed E-state index contributed by atoms with van der Waals surface area (Å²) in [6.07, 6.45) is 3.24. The number of aryl methyl sites for hydroxylation is 1. The van der Waals surface area contributed by atoms with Crippen molar-refractivity contribution < 1.29 is 14.3 Å². The third-order valence-electron chi connectivity index (χ3n) is 3.70. The highest BCUT2D eigenvalue weighted by atomic mass is 32.2. The lowest BCUT2D eigenvalue weighted by molar-refractivity contribution is -0.118. The van der Waals surface area contributed by atoms with Crippen LogP contribution < -0.4 is 14.9 Å². The van der Waals surface area contributed by atoms with Gasteiger partial charge in [-0.3, -0.25) is 4.79 Å². The van der Waals surface area contributed by atoms with Crippen LogP contribution in [0.1, 0.15) is 16.7 Å². The predicted molar refractivity (Wildman–Crippen MR) is 112 cm³/mol. The summed E-state index contributed by atoms with van der Waals surface area (Å²) in [7, 11) is 1.57. The molecule has 2 aromatic carbocycles. The van der Waals surface area contributed by atoms with Crippen LogP contribution in [0, 0.1) is 6.92 Å². The second-order valence-corrected chi connectivity index (χ2v) is 6.71. The van der Waals surface area contributed by atoms with Gasteiger partial charge in [-0.25, -0.2) is 5.43 Å². The maximum absolute atomic E-state index is 11.9. The van der Waals surface area contributed by atoms with Crippen molar-refractivity contribution in [2.75, 3.05) is 19.5 Å². The van der Waals surface area contributed by atoms with Crippen LogP contribution in [-0.4, -0.2) is 31.6 Å². The molecular weight excluding hydrogens is 360 g/mol. The Morgan fingerprint density at radius 1 is 1.26 bits per heavy atom. The van der Waals surface area contributed by atoms with Crippen molar-refractivity contribution in [1.82, 2.24) is 5.43 Å². The lowest BCUT2D eigenvalue weighted by Crippen LogP contribution is -2.19. The number of hydrogen-bond acceptors (Lipinski definition) is 5. The van der Waals surface area contributed by atoms with Gasteiger partial charge in [0.1, 0.15) is 6.61 Å². The Hall–Kier alpha value is -2.73. The Bertz CT molecular complexity index is 806. The van der Waals surface area contributed by atoms with Crippen LogP contribution in [0.15, 0.2) is 60.2 Å². The SMILES string of the molecule is C=CCOc1ccc(/C=N\NC(=O)CSCc2ccccc2C)cc1OC. The first-order chi connectivity index (χ1) is 13.1. The summed E-state index contributed by atoms with van der Waals surface area (Å²) in [5.41, 5.74) is 5.81. The van der Waals surface area contributed by atoms with Crippen LogP contribution >= 0.6 is 11.8 Å². The van der Waals surface area contributed by atoms with E-state index in [1.54, 1.807) is 43.3 Å². The molecule has 0 saturated heterocycles. The van der Waals surface area contributed by atoms with Crippen LogP contribution in [0.3, 0.4) is 0 Å². The van der Waals surface area contributed by atoms with E-state index in [9.17, 15) is 4.79 Å². The molecule has 1 amide bonds. The minimum absolute atomic E-state index is 0.136. The zero-order valence-electron chi connectivity index (χ0n) is 15.6. The molecule has 0 aliphatic rings. The van der Waals surface area contributed by atoms with Crippen LogP contribution in [0.25, 0.3) is 0 Å². The van der Waals surface area contributed by atoms with E-state index in [0.717, 1.165) is 11.3 Å². The molecule has 27 heavy (non-hydrogen) atoms. The molecule has 0 aliphatic carbocycles. The second-order valence-electron chi connectivity index (χ2n) is 5.72. The van der Waals surface area contributed by atoms with E-state index in [1.807, 2.05) is 18.2 Å². The number of carbonyl (C=O) groups is 1. The van der Waals surface area contributed by atoms with Gasteiger partial charge in [-0.05, 0) is 41.8 Å². The van der Waals surface area contributed by atoms with Crippen molar-refractivity contribution in [3.8, 4) is 11.5 Å². The summed E-state index contributed by atoms with van der Waals surface area (Å²) in [6, 6.07) is 13.6. The summed E-state index contributed by atoms with van der Waals surface area (Å²) < 4.78 is 10.8. The molecule has 6 heteroatoms. The maximum Gasteiger partial charge on any atom is 0.250 e. The molecule has 0 saturated carbocycles. The topological polar surface area (TPSA) is 59.9 Å². The quantitative estimate of drug-likeness (QED) is 0.383. The molecule has 0 bridgehead atoms. The molecule has 0 fully saturated rings. The molecule has 1 N–H and O–H groups in total. The fourth-order valence-corrected chi connectivity index (χ4v) is 3.17. The molecule has 142 valence electrons. The average Bonchev–Trinajstić information content (AvgIpc) is 2.68. The van der Waals surface area contributed by atoms with E-state index < -0.39 is 0 Å². The minimum atomic E-state index is -0.136. The van der Waals surface area contributed by atoms with E-state index in [-0.39, 0.29) is 5.91 Å². The van der Waals surface area contributed by atoms with Crippen molar-refractivity contribution in [1.29, 1.82) is 0 Å². The highest BCUT2D eigenvalue weighted by molar-refractivity contribution is 7.99. The van der Waals surface area contributed by atoms with E-state index in [0.29, 0.717) is 23.9 Å². The van der Waals surface area contributed by atoms with Crippen molar-refractivity contribution in [2.45, 2.75) is 12.7 Å². The smallest absolute Gasteiger partial charge is 0.250 e. The van der Waals surface area contributed by atoms with Crippen LogP contribution in [-0.2, 0) is 10.5 Å². The number of thioether (sulfide) groups is 1. The summed E-state index contributed by atoms with van der Waals surface area (Å²) >= 11 is 1.56. The first-order valence-corrected chi connectivity index (χ1v) is 9.65. The third-order valence-corrected chi connectivity index (χ3v) is 4.68. The van der Waals surface area contributed by atoms with E-state index in [2.05, 4.69) is 36.2 Å². The Morgan fingerprint density at radius 2 is 2.07 bits per heavy atom. The molecule has 0 heterocycles. The maximum atomic E-state index is 11.9. The van der Waals surface area contributed by atoms with Gasteiger partial charge in [-0.2, -0.15) is 5.10 Å². The van der Waals surface area contributed by atoms with Crippen LogP contribution in [0.4, 0.5) is 0 Å². The lowest BCUT2D eigenvalue weighted by Gasteiger charge is -2.09. The number of methoxy groups -OCH3 is 1. The molecule has 2 aromatic rings. The Kier molecular flexibility index (Phi) is 8.45. The van der Waals surface area contributed by atoms with Gasteiger partial charge in [-0.1, -0.05) is 36.9 Å². The number of rotatable bonds is 10. The number of nitrogens with zero attached hydrogens (tertiary/aromatic N) is 1. The van der Waals surface area contributed by atoms with E-state index in [1.165, 1.54) is 11.1 Å². The first kappa shape index (κ1) is 20.6. The highest BCUT2D eigenvalue weighted by Gasteiger charge is 2.05. The minimum Gasteiger partial charge on any atom is -0.493 e. The number of hydrogen-bond donors (Lipinski definition) is 1. The summed E-state index contributed by atoms with van der Waals surface area (Å²) in [6.45, 7) is 6.09.